The Kier molecular flexibility index (Phi) is 4.09. The Morgan fingerprint density at radius 2 is 2.00 bits per heavy atom. The van der Waals surface area contributed by atoms with E-state index < -0.39 is 0 Å². The third-order valence-corrected chi connectivity index (χ3v) is 5.02. The van der Waals surface area contributed by atoms with Crippen LogP contribution < -0.4 is 10.9 Å². The van der Waals surface area contributed by atoms with Crippen molar-refractivity contribution >= 4 is 21.6 Å². The van der Waals surface area contributed by atoms with Crippen LogP contribution in [0.1, 0.15) is 34.8 Å². The molecule has 1 aromatic carbocycles. The molecular formula is C17H19N3OS. The summed E-state index contributed by atoms with van der Waals surface area (Å²) in [7, 11) is 0. The largest absolute Gasteiger partial charge is 0.309 e. The van der Waals surface area contributed by atoms with E-state index in [1.165, 1.54) is 5.56 Å². The number of aromatic amines is 1. The third-order valence-electron chi connectivity index (χ3n) is 3.92. The summed E-state index contributed by atoms with van der Waals surface area (Å²) in [4.78, 5) is 21.8. The Hall–Kier alpha value is -1.98. The maximum atomic E-state index is 12.3. The van der Waals surface area contributed by atoms with E-state index in [1.54, 1.807) is 11.3 Å². The lowest BCUT2D eigenvalue weighted by Gasteiger charge is -2.13. The number of thiophene rings is 1. The molecule has 1 unspecified atom stereocenters. The maximum Gasteiger partial charge on any atom is 0.259 e. The Bertz CT molecular complexity index is 851. The number of hydrogen-bond acceptors (Lipinski definition) is 4. The number of hydrogen-bond donors (Lipinski definition) is 2. The summed E-state index contributed by atoms with van der Waals surface area (Å²) in [5.41, 5.74) is 2.20. The molecule has 0 saturated heterocycles. The standard InChI is InChI=1S/C17H19N3OS/c1-10-12(3)22-17-14(10)16(21)19-15(20-17)11(2)18-9-13-7-5-4-6-8-13/h4-8,11,18H,9H2,1-3H3,(H,19,20,21). The monoisotopic (exact) mass is 313 g/mol. The summed E-state index contributed by atoms with van der Waals surface area (Å²) in [5.74, 6) is 0.690. The average Bonchev–Trinajstić information content (AvgIpc) is 2.81. The Morgan fingerprint density at radius 1 is 1.27 bits per heavy atom. The summed E-state index contributed by atoms with van der Waals surface area (Å²) < 4.78 is 0. The van der Waals surface area contributed by atoms with Gasteiger partial charge in [-0.25, -0.2) is 4.98 Å². The van der Waals surface area contributed by atoms with E-state index in [0.29, 0.717) is 5.82 Å². The number of nitrogens with one attached hydrogen (secondary N) is 2. The highest BCUT2D eigenvalue weighted by Crippen LogP contribution is 2.26. The van der Waals surface area contributed by atoms with Gasteiger partial charge in [0.1, 0.15) is 10.7 Å². The van der Waals surface area contributed by atoms with E-state index in [4.69, 9.17) is 0 Å². The van der Waals surface area contributed by atoms with Crippen molar-refractivity contribution in [3.63, 3.8) is 0 Å². The van der Waals surface area contributed by atoms with E-state index in [9.17, 15) is 4.79 Å². The summed E-state index contributed by atoms with van der Waals surface area (Å²) in [5, 5.41) is 4.12. The van der Waals surface area contributed by atoms with Crippen molar-refractivity contribution in [3.05, 3.63) is 62.5 Å². The van der Waals surface area contributed by atoms with Crippen LogP contribution in [-0.4, -0.2) is 9.97 Å². The smallest absolute Gasteiger partial charge is 0.259 e. The lowest BCUT2D eigenvalue weighted by Crippen LogP contribution is -2.23. The van der Waals surface area contributed by atoms with Crippen LogP contribution >= 0.6 is 11.3 Å². The van der Waals surface area contributed by atoms with Crippen molar-refractivity contribution in [2.45, 2.75) is 33.4 Å². The lowest BCUT2D eigenvalue weighted by atomic mass is 10.2. The molecule has 22 heavy (non-hydrogen) atoms. The molecule has 0 bridgehead atoms. The first-order valence-corrected chi connectivity index (χ1v) is 8.15. The van der Waals surface area contributed by atoms with Gasteiger partial charge in [-0.05, 0) is 31.9 Å². The molecule has 0 fully saturated rings. The fourth-order valence-corrected chi connectivity index (χ4v) is 3.48. The van der Waals surface area contributed by atoms with Gasteiger partial charge in [0.05, 0.1) is 11.4 Å². The van der Waals surface area contributed by atoms with Crippen LogP contribution in [0, 0.1) is 13.8 Å². The molecule has 2 heterocycles. The topological polar surface area (TPSA) is 57.8 Å². The van der Waals surface area contributed by atoms with Crippen LogP contribution in [0.4, 0.5) is 0 Å². The minimum absolute atomic E-state index is 0.0139. The lowest BCUT2D eigenvalue weighted by molar-refractivity contribution is 0.547. The quantitative estimate of drug-likeness (QED) is 0.775. The summed E-state index contributed by atoms with van der Waals surface area (Å²) in [6.07, 6.45) is 0. The number of aryl methyl sites for hydroxylation is 2. The predicted molar refractivity (Wildman–Crippen MR) is 91.4 cm³/mol. The van der Waals surface area contributed by atoms with Gasteiger partial charge >= 0.3 is 0 Å². The second-order valence-corrected chi connectivity index (χ2v) is 6.71. The maximum absolute atomic E-state index is 12.3. The molecule has 3 rings (SSSR count). The highest BCUT2D eigenvalue weighted by molar-refractivity contribution is 7.18. The fraction of sp³-hybridized carbons (Fsp3) is 0.294. The minimum atomic E-state index is -0.0461. The first-order chi connectivity index (χ1) is 10.6. The molecule has 2 aromatic heterocycles. The zero-order valence-electron chi connectivity index (χ0n) is 12.9. The van der Waals surface area contributed by atoms with Gasteiger partial charge < -0.3 is 10.3 Å². The van der Waals surface area contributed by atoms with E-state index in [2.05, 4.69) is 27.4 Å². The van der Waals surface area contributed by atoms with E-state index in [0.717, 1.165) is 27.2 Å². The van der Waals surface area contributed by atoms with E-state index in [1.807, 2.05) is 39.0 Å². The van der Waals surface area contributed by atoms with Gasteiger partial charge in [0, 0.05) is 11.4 Å². The number of nitrogens with zero attached hydrogens (tertiary/aromatic N) is 1. The Morgan fingerprint density at radius 3 is 2.73 bits per heavy atom. The number of H-pyrrole nitrogens is 1. The van der Waals surface area contributed by atoms with Crippen molar-refractivity contribution in [2.75, 3.05) is 0 Å². The molecule has 3 aromatic rings. The molecule has 4 nitrogen and oxygen atoms in total. The van der Waals surface area contributed by atoms with Crippen LogP contribution in [0.3, 0.4) is 0 Å². The highest BCUT2D eigenvalue weighted by atomic mass is 32.1. The van der Waals surface area contributed by atoms with Gasteiger partial charge in [-0.1, -0.05) is 30.3 Å². The van der Waals surface area contributed by atoms with Gasteiger partial charge in [0.2, 0.25) is 0 Å². The van der Waals surface area contributed by atoms with Crippen molar-refractivity contribution in [1.82, 2.24) is 15.3 Å². The van der Waals surface area contributed by atoms with Crippen LogP contribution in [0.25, 0.3) is 10.2 Å². The highest BCUT2D eigenvalue weighted by Gasteiger charge is 2.14. The molecule has 0 spiro atoms. The number of benzene rings is 1. The second kappa shape index (κ2) is 6.02. The van der Waals surface area contributed by atoms with Gasteiger partial charge in [0.25, 0.3) is 5.56 Å². The van der Waals surface area contributed by atoms with Crippen LogP contribution in [0.15, 0.2) is 35.1 Å². The first kappa shape index (κ1) is 14.9. The van der Waals surface area contributed by atoms with Gasteiger partial charge in [-0.3, -0.25) is 4.79 Å². The zero-order valence-corrected chi connectivity index (χ0v) is 13.8. The molecule has 1 atom stereocenters. The summed E-state index contributed by atoms with van der Waals surface area (Å²) in [6, 6.07) is 10.2. The van der Waals surface area contributed by atoms with Crippen LogP contribution in [0.5, 0.6) is 0 Å². The van der Waals surface area contributed by atoms with Crippen molar-refractivity contribution in [3.8, 4) is 0 Å². The van der Waals surface area contributed by atoms with Gasteiger partial charge in [-0.2, -0.15) is 0 Å². The van der Waals surface area contributed by atoms with Crippen molar-refractivity contribution in [1.29, 1.82) is 0 Å². The SMILES string of the molecule is Cc1sc2nc(C(C)NCc3ccccc3)[nH]c(=O)c2c1C. The number of aromatic nitrogens is 2. The van der Waals surface area contributed by atoms with E-state index >= 15 is 0 Å². The Labute approximate surface area is 133 Å². The molecule has 114 valence electrons. The molecule has 0 radical (unpaired) electrons. The number of fused-ring (bicyclic) bond motifs is 1. The molecule has 2 N–H and O–H groups in total. The molecule has 0 aliphatic rings. The van der Waals surface area contributed by atoms with Gasteiger partial charge in [0.15, 0.2) is 0 Å². The van der Waals surface area contributed by atoms with Crippen molar-refractivity contribution in [2.24, 2.45) is 0 Å². The van der Waals surface area contributed by atoms with Gasteiger partial charge in [-0.15, -0.1) is 11.3 Å². The minimum Gasteiger partial charge on any atom is -0.309 e. The fourth-order valence-electron chi connectivity index (χ4n) is 2.44. The second-order valence-electron chi connectivity index (χ2n) is 5.50. The van der Waals surface area contributed by atoms with Crippen LogP contribution in [0.2, 0.25) is 0 Å². The van der Waals surface area contributed by atoms with E-state index in [-0.39, 0.29) is 11.6 Å². The normalized spacial score (nSPS) is 12.7. The first-order valence-electron chi connectivity index (χ1n) is 7.33. The van der Waals surface area contributed by atoms with Crippen LogP contribution in [-0.2, 0) is 6.54 Å². The third kappa shape index (κ3) is 2.82. The van der Waals surface area contributed by atoms with Crippen molar-refractivity contribution < 1.29 is 0 Å². The Balaban J connectivity index is 1.85. The summed E-state index contributed by atoms with van der Waals surface area (Å²) in [6.45, 7) is 6.76. The molecule has 0 aliphatic carbocycles. The predicted octanol–water partition coefficient (Wildman–Crippen LogP) is 3.45. The molecular weight excluding hydrogens is 294 g/mol. The average molecular weight is 313 g/mol. The molecule has 0 amide bonds. The molecule has 0 aliphatic heterocycles. The number of rotatable bonds is 4. The zero-order chi connectivity index (χ0) is 15.7. The molecule has 0 saturated carbocycles. The summed E-state index contributed by atoms with van der Waals surface area (Å²) >= 11 is 1.58. The molecule has 5 heteroatoms.